The molecule has 0 fully saturated rings. The summed E-state index contributed by atoms with van der Waals surface area (Å²) in [5.41, 5.74) is 3.84. The Labute approximate surface area is 106 Å². The first kappa shape index (κ1) is 13.1. The summed E-state index contributed by atoms with van der Waals surface area (Å²) in [6, 6.07) is 6.14. The number of aryl methyl sites for hydroxylation is 1. The minimum atomic E-state index is -4.50. The summed E-state index contributed by atoms with van der Waals surface area (Å²) in [5.74, 6) is 0. The van der Waals surface area contributed by atoms with E-state index in [2.05, 4.69) is 5.10 Å². The Hall–Kier alpha value is -2.31. The van der Waals surface area contributed by atoms with E-state index in [0.717, 1.165) is 16.8 Å². The lowest BCUT2D eigenvalue weighted by Crippen LogP contribution is -2.23. The highest BCUT2D eigenvalue weighted by Crippen LogP contribution is 2.36. The van der Waals surface area contributed by atoms with E-state index in [1.54, 1.807) is 0 Å². The van der Waals surface area contributed by atoms with E-state index in [0.29, 0.717) is 0 Å². The largest absolute Gasteiger partial charge is 0.417 e. The van der Waals surface area contributed by atoms with Crippen LogP contribution < -0.4 is 11.3 Å². The summed E-state index contributed by atoms with van der Waals surface area (Å²) in [6.07, 6.45) is -4.50. The van der Waals surface area contributed by atoms with Crippen molar-refractivity contribution in [2.75, 3.05) is 5.73 Å². The van der Waals surface area contributed by atoms with Crippen LogP contribution in [0.25, 0.3) is 11.3 Å². The third-order valence-corrected chi connectivity index (χ3v) is 2.60. The second-order valence-electron chi connectivity index (χ2n) is 3.96. The van der Waals surface area contributed by atoms with Gasteiger partial charge in [-0.1, -0.05) is 18.2 Å². The van der Waals surface area contributed by atoms with Crippen LogP contribution in [0.2, 0.25) is 0 Å². The first-order valence-electron chi connectivity index (χ1n) is 5.31. The van der Waals surface area contributed by atoms with Crippen LogP contribution in [0, 0.1) is 0 Å². The number of nitrogens with two attached hydrogens (primary N) is 1. The number of nitrogen functional groups attached to an aromatic ring is 1. The molecule has 7 heteroatoms. The van der Waals surface area contributed by atoms with Gasteiger partial charge in [-0.25, -0.2) is 4.68 Å². The van der Waals surface area contributed by atoms with E-state index in [-0.39, 0.29) is 16.9 Å². The smallest absolute Gasteiger partial charge is 0.394 e. The normalized spacial score (nSPS) is 11.6. The molecule has 1 heterocycles. The second kappa shape index (κ2) is 4.42. The SMILES string of the molecule is Cn1nc(-c2ccccc2C(F)(F)F)cc(N)c1=O. The number of alkyl halides is 3. The minimum Gasteiger partial charge on any atom is -0.394 e. The van der Waals surface area contributed by atoms with Crippen LogP contribution in [0.1, 0.15) is 5.56 Å². The number of halogens is 3. The summed E-state index contributed by atoms with van der Waals surface area (Å²) in [7, 11) is 1.33. The monoisotopic (exact) mass is 269 g/mol. The van der Waals surface area contributed by atoms with Crippen molar-refractivity contribution in [1.82, 2.24) is 9.78 Å². The standard InChI is InChI=1S/C12H10F3N3O/c1-18-11(19)9(16)6-10(17-18)7-4-2-3-5-8(7)12(13,14)15/h2-6H,16H2,1H3. The van der Waals surface area contributed by atoms with Gasteiger partial charge in [0.1, 0.15) is 5.69 Å². The molecule has 2 aromatic rings. The van der Waals surface area contributed by atoms with Crippen LogP contribution in [-0.4, -0.2) is 9.78 Å². The Morgan fingerprint density at radius 1 is 1.26 bits per heavy atom. The number of benzene rings is 1. The molecule has 0 saturated heterocycles. The van der Waals surface area contributed by atoms with Crippen LogP contribution in [0.4, 0.5) is 18.9 Å². The number of rotatable bonds is 1. The molecule has 0 atom stereocenters. The maximum Gasteiger partial charge on any atom is 0.417 e. The number of anilines is 1. The Morgan fingerprint density at radius 2 is 1.89 bits per heavy atom. The van der Waals surface area contributed by atoms with Crippen LogP contribution >= 0.6 is 0 Å². The molecular weight excluding hydrogens is 259 g/mol. The highest BCUT2D eigenvalue weighted by Gasteiger charge is 2.33. The van der Waals surface area contributed by atoms with Gasteiger partial charge >= 0.3 is 6.18 Å². The summed E-state index contributed by atoms with van der Waals surface area (Å²) < 4.78 is 39.6. The Balaban J connectivity index is 2.70. The van der Waals surface area contributed by atoms with Crippen molar-refractivity contribution in [2.24, 2.45) is 7.05 Å². The second-order valence-corrected chi connectivity index (χ2v) is 3.96. The average molecular weight is 269 g/mol. The highest BCUT2D eigenvalue weighted by atomic mass is 19.4. The lowest BCUT2D eigenvalue weighted by molar-refractivity contribution is -0.137. The van der Waals surface area contributed by atoms with Crippen molar-refractivity contribution >= 4 is 5.69 Å². The first-order valence-corrected chi connectivity index (χ1v) is 5.31. The molecular formula is C12H10F3N3O. The van der Waals surface area contributed by atoms with Gasteiger partial charge in [0.15, 0.2) is 0 Å². The summed E-state index contributed by atoms with van der Waals surface area (Å²) in [6.45, 7) is 0. The minimum absolute atomic E-state index is 0.00697. The van der Waals surface area contributed by atoms with Gasteiger partial charge in [-0.15, -0.1) is 0 Å². The average Bonchev–Trinajstić information content (AvgIpc) is 2.34. The maximum atomic E-state index is 12.9. The van der Waals surface area contributed by atoms with Crippen LogP contribution in [0.3, 0.4) is 0 Å². The van der Waals surface area contributed by atoms with Gasteiger partial charge in [-0.05, 0) is 12.1 Å². The van der Waals surface area contributed by atoms with Gasteiger partial charge in [0.25, 0.3) is 5.56 Å². The molecule has 19 heavy (non-hydrogen) atoms. The number of hydrogen-bond donors (Lipinski definition) is 1. The van der Waals surface area contributed by atoms with E-state index < -0.39 is 17.3 Å². The van der Waals surface area contributed by atoms with Gasteiger partial charge in [0.2, 0.25) is 0 Å². The lowest BCUT2D eigenvalue weighted by Gasteiger charge is -2.12. The molecule has 1 aromatic heterocycles. The van der Waals surface area contributed by atoms with Crippen molar-refractivity contribution < 1.29 is 13.2 Å². The van der Waals surface area contributed by atoms with Crippen LogP contribution in [-0.2, 0) is 13.2 Å². The molecule has 0 bridgehead atoms. The summed E-state index contributed by atoms with van der Waals surface area (Å²) in [4.78, 5) is 11.4. The first-order chi connectivity index (χ1) is 8.80. The quantitative estimate of drug-likeness (QED) is 0.861. The predicted octanol–water partition coefficient (Wildman–Crippen LogP) is 2.05. The topological polar surface area (TPSA) is 60.9 Å². The molecule has 2 N–H and O–H groups in total. The van der Waals surface area contributed by atoms with Gasteiger partial charge < -0.3 is 5.73 Å². The number of aromatic nitrogens is 2. The molecule has 0 unspecified atom stereocenters. The summed E-state index contributed by atoms with van der Waals surface area (Å²) >= 11 is 0. The zero-order chi connectivity index (χ0) is 14.2. The molecule has 0 radical (unpaired) electrons. The van der Waals surface area contributed by atoms with Crippen molar-refractivity contribution in [3.63, 3.8) is 0 Å². The number of nitrogens with zero attached hydrogens (tertiary/aromatic N) is 2. The van der Waals surface area contributed by atoms with Gasteiger partial charge in [-0.3, -0.25) is 4.79 Å². The fourth-order valence-electron chi connectivity index (χ4n) is 1.72. The zero-order valence-corrected chi connectivity index (χ0v) is 9.90. The van der Waals surface area contributed by atoms with Crippen molar-refractivity contribution in [3.05, 3.63) is 46.2 Å². The van der Waals surface area contributed by atoms with E-state index >= 15 is 0 Å². The molecule has 2 rings (SSSR count). The molecule has 0 aliphatic carbocycles. The molecule has 0 aliphatic rings. The van der Waals surface area contributed by atoms with E-state index in [4.69, 9.17) is 5.73 Å². The molecule has 0 aliphatic heterocycles. The van der Waals surface area contributed by atoms with Crippen LogP contribution in [0.15, 0.2) is 35.1 Å². The van der Waals surface area contributed by atoms with E-state index in [1.807, 2.05) is 0 Å². The van der Waals surface area contributed by atoms with E-state index in [9.17, 15) is 18.0 Å². The van der Waals surface area contributed by atoms with Gasteiger partial charge in [-0.2, -0.15) is 18.3 Å². The molecule has 0 spiro atoms. The fraction of sp³-hybridized carbons (Fsp3) is 0.167. The van der Waals surface area contributed by atoms with Crippen LogP contribution in [0.5, 0.6) is 0 Å². The highest BCUT2D eigenvalue weighted by molar-refractivity contribution is 5.66. The Bertz CT molecular complexity index is 650. The zero-order valence-electron chi connectivity index (χ0n) is 9.90. The van der Waals surface area contributed by atoms with Gasteiger partial charge in [0, 0.05) is 12.6 Å². The number of hydrogen-bond acceptors (Lipinski definition) is 3. The maximum absolute atomic E-state index is 12.9. The van der Waals surface area contributed by atoms with Crippen molar-refractivity contribution in [2.45, 2.75) is 6.18 Å². The Kier molecular flexibility index (Phi) is 3.05. The molecule has 0 amide bonds. The third-order valence-electron chi connectivity index (χ3n) is 2.60. The van der Waals surface area contributed by atoms with E-state index in [1.165, 1.54) is 25.2 Å². The predicted molar refractivity (Wildman–Crippen MR) is 64.3 cm³/mol. The van der Waals surface area contributed by atoms with Gasteiger partial charge in [0.05, 0.1) is 11.3 Å². The summed E-state index contributed by atoms with van der Waals surface area (Å²) in [5, 5.41) is 3.80. The van der Waals surface area contributed by atoms with Crippen molar-refractivity contribution in [3.8, 4) is 11.3 Å². The molecule has 100 valence electrons. The molecule has 4 nitrogen and oxygen atoms in total. The molecule has 1 aromatic carbocycles. The molecule has 0 saturated carbocycles. The lowest BCUT2D eigenvalue weighted by atomic mass is 10.0. The third kappa shape index (κ3) is 2.44. The Morgan fingerprint density at radius 3 is 2.47 bits per heavy atom. The van der Waals surface area contributed by atoms with Crippen molar-refractivity contribution in [1.29, 1.82) is 0 Å². The fourth-order valence-corrected chi connectivity index (χ4v) is 1.72.